The molecule has 6 aromatic carbocycles. The van der Waals surface area contributed by atoms with E-state index in [1.54, 1.807) is 12.1 Å². The Kier molecular flexibility index (Phi) is 4.78. The summed E-state index contributed by atoms with van der Waals surface area (Å²) >= 11 is 0. The summed E-state index contributed by atoms with van der Waals surface area (Å²) in [6, 6.07) is 39.9. The molecule has 34 heavy (non-hydrogen) atoms. The van der Waals surface area contributed by atoms with Crippen molar-refractivity contribution in [1.82, 2.24) is 0 Å². The first kappa shape index (κ1) is 20.1. The Morgan fingerprint density at radius 2 is 0.882 bits per heavy atom. The van der Waals surface area contributed by atoms with Gasteiger partial charge in [-0.25, -0.2) is 0 Å². The summed E-state index contributed by atoms with van der Waals surface area (Å²) in [6.45, 7) is 0. The van der Waals surface area contributed by atoms with Crippen molar-refractivity contribution >= 4 is 21.5 Å². The normalized spacial score (nSPS) is 11.2. The van der Waals surface area contributed by atoms with E-state index in [9.17, 15) is 10.2 Å². The third-order valence-corrected chi connectivity index (χ3v) is 6.48. The lowest BCUT2D eigenvalue weighted by molar-refractivity contribution is 0.476. The molecule has 0 heterocycles. The zero-order chi connectivity index (χ0) is 23.1. The Hall–Kier alpha value is -4.56. The molecule has 2 nitrogen and oxygen atoms in total. The first-order valence-electron chi connectivity index (χ1n) is 11.3. The van der Waals surface area contributed by atoms with Crippen LogP contribution in [0.4, 0.5) is 0 Å². The average molecular weight is 439 g/mol. The van der Waals surface area contributed by atoms with Crippen molar-refractivity contribution in [2.24, 2.45) is 0 Å². The fraction of sp³-hybridized carbons (Fsp3) is 0. The second-order valence-electron chi connectivity index (χ2n) is 8.46. The Morgan fingerprint density at radius 1 is 0.353 bits per heavy atom. The van der Waals surface area contributed by atoms with Crippen molar-refractivity contribution in [3.05, 3.63) is 121 Å². The van der Waals surface area contributed by atoms with Crippen LogP contribution in [0.1, 0.15) is 0 Å². The van der Waals surface area contributed by atoms with Crippen LogP contribution in [0.3, 0.4) is 0 Å². The van der Waals surface area contributed by atoms with Gasteiger partial charge in [-0.1, -0.05) is 103 Å². The lowest BCUT2D eigenvalue weighted by Gasteiger charge is -2.21. The number of fused-ring (bicyclic) bond motifs is 2. The van der Waals surface area contributed by atoms with Gasteiger partial charge in [-0.2, -0.15) is 0 Å². The standard InChI is InChI=1S/C32H22O2/c33-29-18-7-5-15-25(29)28-20-22-11-2-4-14-24(22)31(32(28)27-16-6-8-19-30(27)34)26-17-9-12-21-10-1-3-13-23(21)26/h1-20,33-34H. The second kappa shape index (κ2) is 8.09. The van der Waals surface area contributed by atoms with Gasteiger partial charge < -0.3 is 10.2 Å². The average Bonchev–Trinajstić information content (AvgIpc) is 2.88. The molecular formula is C32H22O2. The first-order valence-corrected chi connectivity index (χ1v) is 11.3. The third kappa shape index (κ3) is 3.20. The van der Waals surface area contributed by atoms with Gasteiger partial charge in [-0.05, 0) is 56.4 Å². The molecule has 162 valence electrons. The minimum Gasteiger partial charge on any atom is -0.507 e. The molecular weight excluding hydrogens is 416 g/mol. The van der Waals surface area contributed by atoms with Gasteiger partial charge in [0, 0.05) is 16.7 Å². The van der Waals surface area contributed by atoms with E-state index < -0.39 is 0 Å². The van der Waals surface area contributed by atoms with Crippen molar-refractivity contribution < 1.29 is 10.2 Å². The van der Waals surface area contributed by atoms with Crippen LogP contribution >= 0.6 is 0 Å². The molecule has 0 fully saturated rings. The highest BCUT2D eigenvalue weighted by Crippen LogP contribution is 2.49. The van der Waals surface area contributed by atoms with Gasteiger partial charge in [0.2, 0.25) is 0 Å². The van der Waals surface area contributed by atoms with Crippen molar-refractivity contribution in [2.75, 3.05) is 0 Å². The van der Waals surface area contributed by atoms with Crippen LogP contribution in [0.2, 0.25) is 0 Å². The summed E-state index contributed by atoms with van der Waals surface area (Å²) in [5, 5.41) is 26.3. The highest BCUT2D eigenvalue weighted by atomic mass is 16.3. The van der Waals surface area contributed by atoms with E-state index in [0.717, 1.165) is 54.9 Å². The maximum Gasteiger partial charge on any atom is 0.123 e. The fourth-order valence-corrected chi connectivity index (χ4v) is 4.95. The van der Waals surface area contributed by atoms with E-state index in [1.165, 1.54) is 0 Å². The number of rotatable bonds is 3. The molecule has 0 aliphatic carbocycles. The molecule has 6 rings (SSSR count). The number of aromatic hydroxyl groups is 2. The number of benzene rings is 6. The van der Waals surface area contributed by atoms with Gasteiger partial charge in [0.25, 0.3) is 0 Å². The fourth-order valence-electron chi connectivity index (χ4n) is 4.95. The minimum absolute atomic E-state index is 0.205. The molecule has 0 bridgehead atoms. The number of phenols is 2. The molecule has 0 unspecified atom stereocenters. The Morgan fingerprint density at radius 3 is 1.62 bits per heavy atom. The van der Waals surface area contributed by atoms with E-state index in [4.69, 9.17) is 0 Å². The number of hydrogen-bond donors (Lipinski definition) is 2. The highest BCUT2D eigenvalue weighted by molar-refractivity contribution is 6.15. The van der Waals surface area contributed by atoms with Gasteiger partial charge in [0.15, 0.2) is 0 Å². The summed E-state index contributed by atoms with van der Waals surface area (Å²) < 4.78 is 0. The number of hydrogen-bond acceptors (Lipinski definition) is 2. The van der Waals surface area contributed by atoms with E-state index in [0.29, 0.717) is 0 Å². The largest absolute Gasteiger partial charge is 0.507 e. The van der Waals surface area contributed by atoms with Crippen molar-refractivity contribution in [3.8, 4) is 44.9 Å². The van der Waals surface area contributed by atoms with E-state index in [1.807, 2.05) is 54.6 Å². The van der Waals surface area contributed by atoms with Crippen molar-refractivity contribution in [3.63, 3.8) is 0 Å². The van der Waals surface area contributed by atoms with E-state index >= 15 is 0 Å². The Labute approximate surface area is 198 Å². The van der Waals surface area contributed by atoms with Gasteiger partial charge in [0.1, 0.15) is 11.5 Å². The predicted octanol–water partition coefficient (Wildman–Crippen LogP) is 8.41. The molecule has 0 atom stereocenters. The van der Waals surface area contributed by atoms with Crippen LogP contribution in [0, 0.1) is 0 Å². The maximum absolute atomic E-state index is 11.0. The van der Waals surface area contributed by atoms with Crippen molar-refractivity contribution in [1.29, 1.82) is 0 Å². The Balaban J connectivity index is 1.87. The zero-order valence-corrected chi connectivity index (χ0v) is 18.4. The summed E-state index contributed by atoms with van der Waals surface area (Å²) in [4.78, 5) is 0. The van der Waals surface area contributed by atoms with Gasteiger partial charge in [-0.15, -0.1) is 0 Å². The molecule has 0 aliphatic rings. The second-order valence-corrected chi connectivity index (χ2v) is 8.46. The monoisotopic (exact) mass is 438 g/mol. The van der Waals surface area contributed by atoms with Crippen LogP contribution in [0.5, 0.6) is 11.5 Å². The number of phenolic OH excluding ortho intramolecular Hbond substituents is 2. The predicted molar refractivity (Wildman–Crippen MR) is 141 cm³/mol. The van der Waals surface area contributed by atoms with E-state index in [2.05, 4.69) is 54.6 Å². The minimum atomic E-state index is 0.205. The maximum atomic E-state index is 11.0. The SMILES string of the molecule is Oc1ccccc1-c1cc2ccccc2c(-c2cccc3ccccc23)c1-c1ccccc1O. The Bertz CT molecular complexity index is 1680. The molecule has 0 saturated carbocycles. The summed E-state index contributed by atoms with van der Waals surface area (Å²) in [7, 11) is 0. The summed E-state index contributed by atoms with van der Waals surface area (Å²) in [5.41, 5.74) is 5.36. The summed E-state index contributed by atoms with van der Waals surface area (Å²) in [6.07, 6.45) is 0. The van der Waals surface area contributed by atoms with Gasteiger partial charge in [-0.3, -0.25) is 0 Å². The lowest BCUT2D eigenvalue weighted by atomic mass is 9.82. The topological polar surface area (TPSA) is 40.5 Å². The van der Waals surface area contributed by atoms with E-state index in [-0.39, 0.29) is 11.5 Å². The number of para-hydroxylation sites is 2. The molecule has 0 amide bonds. The van der Waals surface area contributed by atoms with Crippen LogP contribution in [0.25, 0.3) is 54.9 Å². The van der Waals surface area contributed by atoms with Crippen LogP contribution < -0.4 is 0 Å². The molecule has 0 radical (unpaired) electrons. The molecule has 0 spiro atoms. The van der Waals surface area contributed by atoms with Crippen LogP contribution in [-0.2, 0) is 0 Å². The molecule has 0 saturated heterocycles. The van der Waals surface area contributed by atoms with Gasteiger partial charge >= 0.3 is 0 Å². The first-order chi connectivity index (χ1) is 16.7. The van der Waals surface area contributed by atoms with Crippen LogP contribution in [-0.4, -0.2) is 10.2 Å². The quantitative estimate of drug-likeness (QED) is 0.291. The molecule has 0 aromatic heterocycles. The third-order valence-electron chi connectivity index (χ3n) is 6.48. The van der Waals surface area contributed by atoms with Crippen molar-refractivity contribution in [2.45, 2.75) is 0 Å². The molecule has 2 N–H and O–H groups in total. The molecule has 2 heteroatoms. The molecule has 6 aromatic rings. The molecule has 0 aliphatic heterocycles. The lowest BCUT2D eigenvalue weighted by Crippen LogP contribution is -1.94. The van der Waals surface area contributed by atoms with Crippen LogP contribution in [0.15, 0.2) is 121 Å². The highest BCUT2D eigenvalue weighted by Gasteiger charge is 2.22. The summed E-state index contributed by atoms with van der Waals surface area (Å²) in [5.74, 6) is 0.411. The zero-order valence-electron chi connectivity index (χ0n) is 18.4. The smallest absolute Gasteiger partial charge is 0.123 e. The van der Waals surface area contributed by atoms with Gasteiger partial charge in [0.05, 0.1) is 0 Å².